The van der Waals surface area contributed by atoms with E-state index in [2.05, 4.69) is 37.1 Å². The standard InChI is InChI=1S/C14H20N2S2/c1-3-18-12-6-4-5-11(13(12)14(15)17)16(2)9-10-7-8-10/h4-6,10H,3,7-9H2,1-2H3,(H2,15,17). The van der Waals surface area contributed by atoms with Crippen LogP contribution in [-0.4, -0.2) is 24.3 Å². The molecule has 1 saturated carbocycles. The summed E-state index contributed by atoms with van der Waals surface area (Å²) in [6.45, 7) is 3.25. The molecule has 0 radical (unpaired) electrons. The summed E-state index contributed by atoms with van der Waals surface area (Å²) >= 11 is 7.04. The second-order valence-electron chi connectivity index (χ2n) is 4.77. The fourth-order valence-electron chi connectivity index (χ4n) is 2.15. The third-order valence-electron chi connectivity index (χ3n) is 3.19. The van der Waals surface area contributed by atoms with E-state index in [1.807, 2.05) is 0 Å². The van der Waals surface area contributed by atoms with E-state index in [4.69, 9.17) is 18.0 Å². The van der Waals surface area contributed by atoms with Gasteiger partial charge >= 0.3 is 0 Å². The molecule has 0 aromatic heterocycles. The van der Waals surface area contributed by atoms with E-state index in [1.54, 1.807) is 11.8 Å². The molecule has 2 rings (SSSR count). The maximum atomic E-state index is 5.92. The predicted octanol–water partition coefficient (Wildman–Crippen LogP) is 3.28. The fraction of sp³-hybridized carbons (Fsp3) is 0.500. The Morgan fingerprint density at radius 2 is 2.22 bits per heavy atom. The van der Waals surface area contributed by atoms with E-state index in [0.29, 0.717) is 4.99 Å². The summed E-state index contributed by atoms with van der Waals surface area (Å²) in [6, 6.07) is 6.33. The molecule has 1 fully saturated rings. The van der Waals surface area contributed by atoms with Gasteiger partial charge in [0.2, 0.25) is 0 Å². The largest absolute Gasteiger partial charge is 0.389 e. The summed E-state index contributed by atoms with van der Waals surface area (Å²) in [6.07, 6.45) is 2.71. The van der Waals surface area contributed by atoms with Crippen molar-refractivity contribution in [2.75, 3.05) is 24.2 Å². The average Bonchev–Trinajstić information content (AvgIpc) is 3.12. The fourth-order valence-corrected chi connectivity index (χ4v) is 3.27. The summed E-state index contributed by atoms with van der Waals surface area (Å²) in [5.74, 6) is 1.89. The van der Waals surface area contributed by atoms with Crippen LogP contribution in [0.4, 0.5) is 5.69 Å². The number of hydrogen-bond acceptors (Lipinski definition) is 3. The van der Waals surface area contributed by atoms with Gasteiger partial charge in [0.1, 0.15) is 4.99 Å². The van der Waals surface area contributed by atoms with Crippen molar-refractivity contribution in [3.05, 3.63) is 23.8 Å². The van der Waals surface area contributed by atoms with Gasteiger partial charge in [-0.05, 0) is 36.6 Å². The van der Waals surface area contributed by atoms with Gasteiger partial charge < -0.3 is 10.6 Å². The van der Waals surface area contributed by atoms with Crippen LogP contribution in [0.1, 0.15) is 25.3 Å². The highest BCUT2D eigenvalue weighted by atomic mass is 32.2. The Morgan fingerprint density at radius 1 is 1.50 bits per heavy atom. The molecule has 0 amide bonds. The number of benzene rings is 1. The summed E-state index contributed by atoms with van der Waals surface area (Å²) in [5.41, 5.74) is 8.14. The van der Waals surface area contributed by atoms with Crippen LogP contribution in [-0.2, 0) is 0 Å². The molecule has 0 bridgehead atoms. The molecule has 1 aliphatic carbocycles. The van der Waals surface area contributed by atoms with Crippen molar-refractivity contribution in [1.29, 1.82) is 0 Å². The highest BCUT2D eigenvalue weighted by molar-refractivity contribution is 7.99. The van der Waals surface area contributed by atoms with E-state index in [1.165, 1.54) is 23.4 Å². The zero-order valence-corrected chi connectivity index (χ0v) is 12.6. The summed E-state index contributed by atoms with van der Waals surface area (Å²) < 4.78 is 0. The molecular formula is C14H20N2S2. The summed E-state index contributed by atoms with van der Waals surface area (Å²) in [5, 5.41) is 0. The van der Waals surface area contributed by atoms with Gasteiger partial charge in [-0.3, -0.25) is 0 Å². The number of anilines is 1. The molecule has 0 saturated heterocycles. The molecular weight excluding hydrogens is 260 g/mol. The Hall–Kier alpha value is -0.740. The van der Waals surface area contributed by atoms with Crippen molar-refractivity contribution < 1.29 is 0 Å². The van der Waals surface area contributed by atoms with Crippen LogP contribution in [0.5, 0.6) is 0 Å². The highest BCUT2D eigenvalue weighted by Gasteiger charge is 2.24. The number of nitrogens with two attached hydrogens (primary N) is 1. The lowest BCUT2D eigenvalue weighted by Gasteiger charge is -2.23. The van der Waals surface area contributed by atoms with Crippen molar-refractivity contribution in [3.63, 3.8) is 0 Å². The van der Waals surface area contributed by atoms with Crippen LogP contribution in [0.2, 0.25) is 0 Å². The minimum absolute atomic E-state index is 0.504. The van der Waals surface area contributed by atoms with E-state index in [0.717, 1.165) is 23.8 Å². The lowest BCUT2D eigenvalue weighted by Crippen LogP contribution is -2.24. The lowest BCUT2D eigenvalue weighted by atomic mass is 10.1. The van der Waals surface area contributed by atoms with Crippen molar-refractivity contribution in [1.82, 2.24) is 0 Å². The van der Waals surface area contributed by atoms with E-state index < -0.39 is 0 Å². The Kier molecular flexibility index (Phi) is 4.51. The Bertz CT molecular complexity index is 441. The van der Waals surface area contributed by atoms with E-state index in [-0.39, 0.29) is 0 Å². The number of hydrogen-bond donors (Lipinski definition) is 1. The molecule has 18 heavy (non-hydrogen) atoms. The smallest absolute Gasteiger partial charge is 0.107 e. The minimum Gasteiger partial charge on any atom is -0.389 e. The SMILES string of the molecule is CCSc1cccc(N(C)CC2CC2)c1C(N)=S. The molecule has 0 aliphatic heterocycles. The molecule has 1 aromatic carbocycles. The lowest BCUT2D eigenvalue weighted by molar-refractivity contribution is 0.786. The maximum Gasteiger partial charge on any atom is 0.107 e. The number of thiocarbonyl (C=S) groups is 1. The van der Waals surface area contributed by atoms with Crippen LogP contribution in [0.25, 0.3) is 0 Å². The summed E-state index contributed by atoms with van der Waals surface area (Å²) in [4.78, 5) is 4.00. The van der Waals surface area contributed by atoms with Crippen LogP contribution >= 0.6 is 24.0 Å². The van der Waals surface area contributed by atoms with Gasteiger partial charge in [0, 0.05) is 29.7 Å². The van der Waals surface area contributed by atoms with Gasteiger partial charge in [-0.2, -0.15) is 0 Å². The minimum atomic E-state index is 0.504. The van der Waals surface area contributed by atoms with Crippen molar-refractivity contribution in [3.8, 4) is 0 Å². The predicted molar refractivity (Wildman–Crippen MR) is 84.7 cm³/mol. The van der Waals surface area contributed by atoms with Gasteiger partial charge in [0.05, 0.1) is 0 Å². The van der Waals surface area contributed by atoms with Gasteiger partial charge in [0.25, 0.3) is 0 Å². The number of nitrogens with zero attached hydrogens (tertiary/aromatic N) is 1. The second kappa shape index (κ2) is 5.93. The van der Waals surface area contributed by atoms with Gasteiger partial charge in [-0.1, -0.05) is 25.2 Å². The number of thioether (sulfide) groups is 1. The van der Waals surface area contributed by atoms with E-state index in [9.17, 15) is 0 Å². The zero-order chi connectivity index (χ0) is 13.1. The van der Waals surface area contributed by atoms with Crippen molar-refractivity contribution in [2.45, 2.75) is 24.7 Å². The summed E-state index contributed by atoms with van der Waals surface area (Å²) in [7, 11) is 2.13. The topological polar surface area (TPSA) is 29.3 Å². The molecule has 0 spiro atoms. The van der Waals surface area contributed by atoms with Gasteiger partial charge in [-0.15, -0.1) is 11.8 Å². The number of rotatable bonds is 6. The molecule has 2 nitrogen and oxygen atoms in total. The molecule has 4 heteroatoms. The van der Waals surface area contributed by atoms with Crippen LogP contribution in [0.15, 0.2) is 23.1 Å². The highest BCUT2D eigenvalue weighted by Crippen LogP contribution is 2.34. The Labute approximate surface area is 119 Å². The molecule has 2 N–H and O–H groups in total. The molecule has 0 heterocycles. The maximum absolute atomic E-state index is 5.92. The average molecular weight is 280 g/mol. The van der Waals surface area contributed by atoms with Crippen LogP contribution in [0, 0.1) is 5.92 Å². The first-order chi connectivity index (χ1) is 8.63. The van der Waals surface area contributed by atoms with Crippen molar-refractivity contribution >= 4 is 34.7 Å². The molecule has 1 aromatic rings. The van der Waals surface area contributed by atoms with E-state index >= 15 is 0 Å². The second-order valence-corrected chi connectivity index (χ2v) is 6.52. The van der Waals surface area contributed by atoms with Crippen LogP contribution < -0.4 is 10.6 Å². The Balaban J connectivity index is 2.31. The quantitative estimate of drug-likeness (QED) is 0.639. The molecule has 0 atom stereocenters. The Morgan fingerprint density at radius 3 is 2.78 bits per heavy atom. The first kappa shape index (κ1) is 13.7. The monoisotopic (exact) mass is 280 g/mol. The molecule has 0 unspecified atom stereocenters. The van der Waals surface area contributed by atoms with Gasteiger partial charge in [0.15, 0.2) is 0 Å². The molecule has 1 aliphatic rings. The first-order valence-corrected chi connectivity index (χ1v) is 7.79. The third kappa shape index (κ3) is 3.18. The molecule has 98 valence electrons. The first-order valence-electron chi connectivity index (χ1n) is 6.40. The normalized spacial score (nSPS) is 14.6. The van der Waals surface area contributed by atoms with Crippen LogP contribution in [0.3, 0.4) is 0 Å². The third-order valence-corrected chi connectivity index (χ3v) is 4.33. The zero-order valence-electron chi connectivity index (χ0n) is 11.0. The van der Waals surface area contributed by atoms with Crippen molar-refractivity contribution in [2.24, 2.45) is 11.7 Å². The van der Waals surface area contributed by atoms with Gasteiger partial charge in [-0.25, -0.2) is 0 Å².